The molecule has 0 aromatic carbocycles. The lowest BCUT2D eigenvalue weighted by Gasteiger charge is -2.20. The van der Waals surface area contributed by atoms with Gasteiger partial charge in [0, 0.05) is 11.9 Å². The summed E-state index contributed by atoms with van der Waals surface area (Å²) in [6.45, 7) is 0. The summed E-state index contributed by atoms with van der Waals surface area (Å²) in [6, 6.07) is 0. The van der Waals surface area contributed by atoms with E-state index in [0.29, 0.717) is 0 Å². The molecule has 0 amide bonds. The van der Waals surface area contributed by atoms with Crippen molar-refractivity contribution in [3.8, 4) is 0 Å². The average Bonchev–Trinajstić information content (AvgIpc) is 3.00. The Morgan fingerprint density at radius 2 is 2.27 bits per heavy atom. The van der Waals surface area contributed by atoms with Crippen LogP contribution < -0.4 is 0 Å². The van der Waals surface area contributed by atoms with Gasteiger partial charge in [-0.1, -0.05) is 11.6 Å². The smallest absolute Gasteiger partial charge is 0.0921 e. The molecule has 1 aromatic heterocycles. The van der Waals surface area contributed by atoms with Crippen LogP contribution in [0.5, 0.6) is 0 Å². The molecular formula is C13H18N2. The van der Waals surface area contributed by atoms with Gasteiger partial charge >= 0.3 is 0 Å². The second kappa shape index (κ2) is 3.84. The number of nitrogens with zero attached hydrogens (tertiary/aromatic N) is 1. The summed E-state index contributed by atoms with van der Waals surface area (Å²) in [5, 5.41) is 0. The Bertz CT molecular complexity index is 347. The fraction of sp³-hybridized carbons (Fsp3) is 0.615. The van der Waals surface area contributed by atoms with E-state index in [0.717, 1.165) is 18.3 Å². The van der Waals surface area contributed by atoms with Crippen molar-refractivity contribution >= 4 is 0 Å². The Labute approximate surface area is 90.8 Å². The lowest BCUT2D eigenvalue weighted by molar-refractivity contribution is 0.511. The number of nitrogens with one attached hydrogen (secondary N) is 1. The van der Waals surface area contributed by atoms with Crippen molar-refractivity contribution in [2.24, 2.45) is 11.8 Å². The number of allylic oxidation sites excluding steroid dienone is 2. The van der Waals surface area contributed by atoms with Crippen molar-refractivity contribution in [1.82, 2.24) is 9.97 Å². The van der Waals surface area contributed by atoms with E-state index in [1.165, 1.54) is 37.8 Å². The van der Waals surface area contributed by atoms with Crippen LogP contribution in [-0.4, -0.2) is 9.97 Å². The van der Waals surface area contributed by atoms with Gasteiger partial charge in [0.25, 0.3) is 0 Å². The third-order valence-corrected chi connectivity index (χ3v) is 3.63. The van der Waals surface area contributed by atoms with Gasteiger partial charge in [0.1, 0.15) is 0 Å². The minimum atomic E-state index is 0.759. The molecule has 2 nitrogen and oxygen atoms in total. The first-order valence-corrected chi connectivity index (χ1v) is 6.09. The van der Waals surface area contributed by atoms with Crippen molar-refractivity contribution < 1.29 is 0 Å². The molecule has 2 heteroatoms. The zero-order chi connectivity index (χ0) is 10.1. The zero-order valence-corrected chi connectivity index (χ0v) is 9.08. The lowest BCUT2D eigenvalue weighted by Crippen LogP contribution is -2.08. The van der Waals surface area contributed by atoms with Crippen molar-refractivity contribution in [2.45, 2.75) is 38.5 Å². The topological polar surface area (TPSA) is 28.7 Å². The maximum Gasteiger partial charge on any atom is 0.0921 e. The minimum Gasteiger partial charge on any atom is -0.348 e. The summed E-state index contributed by atoms with van der Waals surface area (Å²) in [7, 11) is 0. The molecule has 0 unspecified atom stereocenters. The molecular weight excluding hydrogens is 184 g/mol. The molecule has 1 heterocycles. The number of rotatable bonds is 3. The van der Waals surface area contributed by atoms with Crippen molar-refractivity contribution in [3.63, 3.8) is 0 Å². The molecule has 0 spiro atoms. The van der Waals surface area contributed by atoms with E-state index < -0.39 is 0 Å². The number of hydrogen-bond acceptors (Lipinski definition) is 1. The normalized spacial score (nSPS) is 26.4. The Balaban J connectivity index is 1.68. The number of aromatic nitrogens is 2. The van der Waals surface area contributed by atoms with E-state index >= 15 is 0 Å². The van der Waals surface area contributed by atoms with Gasteiger partial charge in [0.15, 0.2) is 0 Å². The van der Waals surface area contributed by atoms with Gasteiger partial charge in [-0.2, -0.15) is 0 Å². The maximum atomic E-state index is 4.08. The predicted molar refractivity (Wildman–Crippen MR) is 60.4 cm³/mol. The molecule has 1 fully saturated rings. The highest BCUT2D eigenvalue weighted by Crippen LogP contribution is 2.42. The van der Waals surface area contributed by atoms with Gasteiger partial charge in [-0.25, -0.2) is 4.98 Å². The van der Waals surface area contributed by atoms with Crippen LogP contribution in [0.15, 0.2) is 24.2 Å². The summed E-state index contributed by atoms with van der Waals surface area (Å²) in [6.07, 6.45) is 14.5. The summed E-state index contributed by atoms with van der Waals surface area (Å²) < 4.78 is 0. The van der Waals surface area contributed by atoms with Crippen LogP contribution in [0.25, 0.3) is 0 Å². The Morgan fingerprint density at radius 1 is 1.33 bits per heavy atom. The molecule has 15 heavy (non-hydrogen) atoms. The quantitative estimate of drug-likeness (QED) is 0.750. The number of imidazole rings is 1. The molecule has 0 saturated heterocycles. The highest BCUT2D eigenvalue weighted by Gasteiger charge is 2.28. The summed E-state index contributed by atoms with van der Waals surface area (Å²) in [4.78, 5) is 7.28. The molecule has 1 saturated carbocycles. The van der Waals surface area contributed by atoms with Crippen LogP contribution in [0.3, 0.4) is 0 Å². The van der Waals surface area contributed by atoms with Gasteiger partial charge in [0.2, 0.25) is 0 Å². The third-order valence-electron chi connectivity index (χ3n) is 3.63. The highest BCUT2D eigenvalue weighted by atomic mass is 14.9. The van der Waals surface area contributed by atoms with E-state index in [2.05, 4.69) is 16.0 Å². The predicted octanol–water partition coefficient (Wildman–Crippen LogP) is 3.09. The first-order valence-electron chi connectivity index (χ1n) is 6.09. The second-order valence-electron chi connectivity index (χ2n) is 4.95. The maximum absolute atomic E-state index is 4.08. The molecule has 1 atom stereocenters. The van der Waals surface area contributed by atoms with Gasteiger partial charge in [-0.05, 0) is 50.4 Å². The molecule has 2 aliphatic carbocycles. The van der Waals surface area contributed by atoms with Crippen molar-refractivity contribution in [3.05, 3.63) is 29.9 Å². The SMILES string of the molecule is C1=C(C2CC2)CCC[C@@H]1Cc1cnc[nH]1. The van der Waals surface area contributed by atoms with E-state index in [1.54, 1.807) is 11.9 Å². The third kappa shape index (κ3) is 2.14. The lowest BCUT2D eigenvalue weighted by atomic mass is 9.86. The summed E-state index contributed by atoms with van der Waals surface area (Å²) in [5.74, 6) is 1.73. The van der Waals surface area contributed by atoms with Crippen LogP contribution in [-0.2, 0) is 6.42 Å². The molecule has 3 rings (SSSR count). The van der Waals surface area contributed by atoms with E-state index in [4.69, 9.17) is 0 Å². The zero-order valence-electron chi connectivity index (χ0n) is 9.08. The van der Waals surface area contributed by atoms with Crippen molar-refractivity contribution in [2.75, 3.05) is 0 Å². The van der Waals surface area contributed by atoms with E-state index in [-0.39, 0.29) is 0 Å². The highest BCUT2D eigenvalue weighted by molar-refractivity contribution is 5.17. The molecule has 80 valence electrons. The summed E-state index contributed by atoms with van der Waals surface area (Å²) >= 11 is 0. The Hall–Kier alpha value is -1.05. The molecule has 0 bridgehead atoms. The van der Waals surface area contributed by atoms with Gasteiger partial charge in [0.05, 0.1) is 6.33 Å². The minimum absolute atomic E-state index is 0.759. The number of aromatic amines is 1. The molecule has 1 N–H and O–H groups in total. The standard InChI is InChI=1S/C13H18N2/c1-2-10(7-13-8-14-9-15-13)6-12(3-1)11-4-5-11/h6,8-11H,1-5,7H2,(H,14,15)/t10-/m0/s1. The fourth-order valence-electron chi connectivity index (χ4n) is 2.67. The van der Waals surface area contributed by atoms with Gasteiger partial charge in [-0.3, -0.25) is 0 Å². The largest absolute Gasteiger partial charge is 0.348 e. The van der Waals surface area contributed by atoms with Crippen LogP contribution in [0, 0.1) is 11.8 Å². The number of hydrogen-bond donors (Lipinski definition) is 1. The van der Waals surface area contributed by atoms with Gasteiger partial charge < -0.3 is 4.98 Å². The Morgan fingerprint density at radius 3 is 3.00 bits per heavy atom. The number of H-pyrrole nitrogens is 1. The van der Waals surface area contributed by atoms with E-state index in [1.807, 2.05) is 6.20 Å². The fourth-order valence-corrected chi connectivity index (χ4v) is 2.67. The van der Waals surface area contributed by atoms with E-state index in [9.17, 15) is 0 Å². The molecule has 0 aliphatic heterocycles. The molecule has 0 radical (unpaired) electrons. The Kier molecular flexibility index (Phi) is 2.35. The van der Waals surface area contributed by atoms with Crippen LogP contribution in [0.4, 0.5) is 0 Å². The molecule has 2 aliphatic rings. The van der Waals surface area contributed by atoms with Crippen LogP contribution in [0.2, 0.25) is 0 Å². The average molecular weight is 202 g/mol. The van der Waals surface area contributed by atoms with Gasteiger partial charge in [-0.15, -0.1) is 0 Å². The monoisotopic (exact) mass is 202 g/mol. The van der Waals surface area contributed by atoms with Crippen LogP contribution >= 0.6 is 0 Å². The first kappa shape index (κ1) is 9.20. The van der Waals surface area contributed by atoms with Crippen molar-refractivity contribution in [1.29, 1.82) is 0 Å². The van der Waals surface area contributed by atoms with Crippen LogP contribution in [0.1, 0.15) is 37.8 Å². The molecule has 1 aromatic rings. The first-order chi connectivity index (χ1) is 7.42. The second-order valence-corrected chi connectivity index (χ2v) is 4.95. The summed E-state index contributed by atoms with van der Waals surface area (Å²) in [5.41, 5.74) is 3.04.